The van der Waals surface area contributed by atoms with Crippen molar-refractivity contribution in [1.29, 1.82) is 5.26 Å². The average molecular weight is 340 g/mol. The summed E-state index contributed by atoms with van der Waals surface area (Å²) in [7, 11) is 0. The van der Waals surface area contributed by atoms with Crippen molar-refractivity contribution in [2.75, 3.05) is 18.1 Å². The van der Waals surface area contributed by atoms with Gasteiger partial charge in [0.15, 0.2) is 11.4 Å². The molecule has 0 spiro atoms. The van der Waals surface area contributed by atoms with Crippen molar-refractivity contribution in [2.45, 2.75) is 39.7 Å². The van der Waals surface area contributed by atoms with Gasteiger partial charge in [0.2, 0.25) is 0 Å². The first kappa shape index (κ1) is 18.7. The van der Waals surface area contributed by atoms with Crippen LogP contribution in [0.2, 0.25) is 0 Å². The highest BCUT2D eigenvalue weighted by molar-refractivity contribution is 5.53. The normalized spacial score (nSPS) is 11.8. The molecule has 2 aromatic rings. The zero-order valence-corrected chi connectivity index (χ0v) is 14.9. The van der Waals surface area contributed by atoms with Crippen LogP contribution >= 0.6 is 0 Å². The summed E-state index contributed by atoms with van der Waals surface area (Å²) in [6, 6.07) is 9.76. The molecule has 2 N–H and O–H groups in total. The number of nitriles is 1. The zero-order chi connectivity index (χ0) is 18.4. The third-order valence-corrected chi connectivity index (χ3v) is 4.25. The molecule has 1 aromatic carbocycles. The van der Waals surface area contributed by atoms with Crippen LogP contribution in [0.3, 0.4) is 0 Å². The first-order valence-electron chi connectivity index (χ1n) is 8.50. The number of aliphatic hydroxyl groups excluding tert-OH is 1. The third-order valence-electron chi connectivity index (χ3n) is 4.25. The van der Waals surface area contributed by atoms with Crippen molar-refractivity contribution < 1.29 is 5.11 Å². The number of aryl methyl sites for hydroxylation is 1. The van der Waals surface area contributed by atoms with Gasteiger partial charge in [-0.15, -0.1) is 0 Å². The minimum Gasteiger partial charge on any atom is -0.394 e. The Morgan fingerprint density at radius 3 is 2.72 bits per heavy atom. The number of hydrogen-bond donors (Lipinski definition) is 2. The molecule has 132 valence electrons. The maximum atomic E-state index is 12.4. The van der Waals surface area contributed by atoms with E-state index in [4.69, 9.17) is 0 Å². The Bertz CT molecular complexity index is 819. The van der Waals surface area contributed by atoms with E-state index in [1.807, 2.05) is 56.0 Å². The molecule has 0 radical (unpaired) electrons. The van der Waals surface area contributed by atoms with Gasteiger partial charge < -0.3 is 15.0 Å². The molecule has 0 aliphatic carbocycles. The van der Waals surface area contributed by atoms with Crippen LogP contribution in [0.15, 0.2) is 29.1 Å². The van der Waals surface area contributed by atoms with Gasteiger partial charge >= 0.3 is 0 Å². The molecule has 1 heterocycles. The molecule has 2 rings (SSSR count). The van der Waals surface area contributed by atoms with Crippen LogP contribution in [0.25, 0.3) is 0 Å². The number of H-pyrrole nitrogens is 1. The summed E-state index contributed by atoms with van der Waals surface area (Å²) in [5.41, 5.74) is 1.72. The van der Waals surface area contributed by atoms with E-state index < -0.39 is 5.56 Å². The van der Waals surface area contributed by atoms with E-state index >= 15 is 0 Å². The predicted octanol–water partition coefficient (Wildman–Crippen LogP) is 2.14. The molecule has 0 bridgehead atoms. The van der Waals surface area contributed by atoms with Crippen molar-refractivity contribution in [2.24, 2.45) is 0 Å². The van der Waals surface area contributed by atoms with Gasteiger partial charge in [0.05, 0.1) is 12.6 Å². The van der Waals surface area contributed by atoms with Gasteiger partial charge in [-0.3, -0.25) is 4.79 Å². The number of aromatic amines is 1. The van der Waals surface area contributed by atoms with Gasteiger partial charge in [-0.2, -0.15) is 5.26 Å². The van der Waals surface area contributed by atoms with E-state index in [0.29, 0.717) is 31.0 Å². The number of rotatable bonds is 7. The Morgan fingerprint density at radius 2 is 2.16 bits per heavy atom. The predicted molar refractivity (Wildman–Crippen MR) is 97.7 cm³/mol. The highest BCUT2D eigenvalue weighted by Crippen LogP contribution is 2.19. The Hall–Kier alpha value is -2.65. The maximum Gasteiger partial charge on any atom is 0.271 e. The Kier molecular flexibility index (Phi) is 6.31. The van der Waals surface area contributed by atoms with Crippen LogP contribution in [-0.4, -0.2) is 34.3 Å². The van der Waals surface area contributed by atoms with Gasteiger partial charge in [0.1, 0.15) is 11.9 Å². The van der Waals surface area contributed by atoms with Crippen LogP contribution in [-0.2, 0) is 6.42 Å². The summed E-state index contributed by atoms with van der Waals surface area (Å²) >= 11 is 0. The molecule has 0 saturated heterocycles. The second-order valence-corrected chi connectivity index (χ2v) is 6.02. The van der Waals surface area contributed by atoms with E-state index in [2.05, 4.69) is 9.97 Å². The monoisotopic (exact) mass is 340 g/mol. The Labute approximate surface area is 147 Å². The minimum absolute atomic E-state index is 0.0123. The smallest absolute Gasteiger partial charge is 0.271 e. The molecular formula is C19H24N4O2. The van der Waals surface area contributed by atoms with E-state index in [0.717, 1.165) is 11.1 Å². The summed E-state index contributed by atoms with van der Waals surface area (Å²) in [5, 5.41) is 19.0. The SMILES string of the molecule is CC[C@@H](CO)N(CC)c1nc(Cc2cccc(C)c2)[nH]c(=O)c1C#N. The lowest BCUT2D eigenvalue weighted by Gasteiger charge is -2.30. The van der Waals surface area contributed by atoms with Crippen LogP contribution < -0.4 is 10.5 Å². The largest absolute Gasteiger partial charge is 0.394 e. The van der Waals surface area contributed by atoms with E-state index in [1.165, 1.54) is 0 Å². The number of nitrogens with zero attached hydrogens (tertiary/aromatic N) is 3. The van der Waals surface area contributed by atoms with Gasteiger partial charge in [0.25, 0.3) is 5.56 Å². The van der Waals surface area contributed by atoms with Crippen LogP contribution in [0.1, 0.15) is 42.8 Å². The molecule has 1 atom stereocenters. The zero-order valence-electron chi connectivity index (χ0n) is 14.9. The molecule has 6 nitrogen and oxygen atoms in total. The van der Waals surface area contributed by atoms with Crippen molar-refractivity contribution in [3.8, 4) is 6.07 Å². The van der Waals surface area contributed by atoms with Gasteiger partial charge in [0, 0.05) is 13.0 Å². The van der Waals surface area contributed by atoms with Crippen LogP contribution in [0.5, 0.6) is 0 Å². The van der Waals surface area contributed by atoms with E-state index in [-0.39, 0.29) is 18.2 Å². The van der Waals surface area contributed by atoms with Crippen molar-refractivity contribution in [1.82, 2.24) is 9.97 Å². The molecule has 0 saturated carbocycles. The average Bonchev–Trinajstić information content (AvgIpc) is 2.59. The Morgan fingerprint density at radius 1 is 1.40 bits per heavy atom. The fourth-order valence-electron chi connectivity index (χ4n) is 2.94. The summed E-state index contributed by atoms with van der Waals surface area (Å²) in [5.74, 6) is 0.855. The lowest BCUT2D eigenvalue weighted by atomic mass is 10.1. The van der Waals surface area contributed by atoms with Crippen molar-refractivity contribution in [3.63, 3.8) is 0 Å². The Balaban J connectivity index is 2.50. The first-order chi connectivity index (χ1) is 12.0. The number of aromatic nitrogens is 2. The van der Waals surface area contributed by atoms with E-state index in [9.17, 15) is 15.2 Å². The molecule has 1 aromatic heterocycles. The quantitative estimate of drug-likeness (QED) is 0.805. The number of benzene rings is 1. The standard InChI is InChI=1S/C19H24N4O2/c1-4-15(12-24)23(5-2)18-16(11-20)19(25)22-17(21-18)10-14-8-6-7-13(3)9-14/h6-9,15,24H,4-5,10,12H2,1-3H3,(H,21,22,25)/t15-/m0/s1. The van der Waals surface area contributed by atoms with Crippen molar-refractivity contribution >= 4 is 5.82 Å². The minimum atomic E-state index is -0.443. The second-order valence-electron chi connectivity index (χ2n) is 6.02. The number of nitrogens with one attached hydrogen (secondary N) is 1. The fourth-order valence-corrected chi connectivity index (χ4v) is 2.94. The molecule has 0 aliphatic rings. The summed E-state index contributed by atoms with van der Waals surface area (Å²) in [6.07, 6.45) is 1.17. The molecule has 6 heteroatoms. The van der Waals surface area contributed by atoms with Crippen molar-refractivity contribution in [3.05, 3.63) is 57.1 Å². The molecule has 0 amide bonds. The maximum absolute atomic E-state index is 12.4. The van der Waals surface area contributed by atoms with Crippen LogP contribution in [0.4, 0.5) is 5.82 Å². The number of likely N-dealkylation sites (N-methyl/N-ethyl adjacent to an activating group) is 1. The number of aliphatic hydroxyl groups is 1. The molecule has 0 fully saturated rings. The number of anilines is 1. The molecule has 25 heavy (non-hydrogen) atoms. The molecular weight excluding hydrogens is 316 g/mol. The highest BCUT2D eigenvalue weighted by Gasteiger charge is 2.22. The van der Waals surface area contributed by atoms with Gasteiger partial charge in [-0.05, 0) is 25.8 Å². The first-order valence-corrected chi connectivity index (χ1v) is 8.50. The third kappa shape index (κ3) is 4.25. The molecule has 0 unspecified atom stereocenters. The van der Waals surface area contributed by atoms with Crippen LogP contribution in [0, 0.1) is 18.3 Å². The fraction of sp³-hybridized carbons (Fsp3) is 0.421. The summed E-state index contributed by atoms with van der Waals surface area (Å²) in [6.45, 7) is 6.37. The van der Waals surface area contributed by atoms with Gasteiger partial charge in [-0.1, -0.05) is 36.8 Å². The number of hydrogen-bond acceptors (Lipinski definition) is 5. The second kappa shape index (κ2) is 8.45. The lowest BCUT2D eigenvalue weighted by molar-refractivity contribution is 0.256. The topological polar surface area (TPSA) is 93.0 Å². The summed E-state index contributed by atoms with van der Waals surface area (Å²) < 4.78 is 0. The van der Waals surface area contributed by atoms with Gasteiger partial charge in [-0.25, -0.2) is 4.98 Å². The highest BCUT2D eigenvalue weighted by atomic mass is 16.3. The van der Waals surface area contributed by atoms with E-state index in [1.54, 1.807) is 0 Å². The molecule has 0 aliphatic heterocycles. The lowest BCUT2D eigenvalue weighted by Crippen LogP contribution is -2.40. The summed E-state index contributed by atoms with van der Waals surface area (Å²) in [4.78, 5) is 21.5.